The van der Waals surface area contributed by atoms with Gasteiger partial charge in [-0.15, -0.1) is 24.0 Å². The van der Waals surface area contributed by atoms with Crippen LogP contribution in [0.5, 0.6) is 0 Å². The number of piperidine rings is 1. The lowest BCUT2D eigenvalue weighted by molar-refractivity contribution is -0.123. The summed E-state index contributed by atoms with van der Waals surface area (Å²) in [6, 6.07) is 0.592. The predicted molar refractivity (Wildman–Crippen MR) is 100 cm³/mol. The highest BCUT2D eigenvalue weighted by Crippen LogP contribution is 2.28. The Kier molecular flexibility index (Phi) is 8.45. The summed E-state index contributed by atoms with van der Waals surface area (Å²) in [6.45, 7) is 6.06. The van der Waals surface area contributed by atoms with Crippen molar-refractivity contribution in [2.45, 2.75) is 38.6 Å². The molecule has 2 fully saturated rings. The molecule has 4 N–H and O–H groups in total. The van der Waals surface area contributed by atoms with E-state index in [1.165, 1.54) is 6.42 Å². The number of nitrogens with one attached hydrogen (secondary N) is 2. The van der Waals surface area contributed by atoms with Crippen molar-refractivity contribution >= 4 is 35.8 Å². The molecule has 1 saturated heterocycles. The molecule has 0 aromatic heterocycles. The van der Waals surface area contributed by atoms with Gasteiger partial charge < -0.3 is 21.3 Å². The monoisotopic (exact) mass is 423 g/mol. The third kappa shape index (κ3) is 6.28. The maximum atomic E-state index is 11.3. The van der Waals surface area contributed by atoms with Gasteiger partial charge in [-0.05, 0) is 44.7 Å². The summed E-state index contributed by atoms with van der Waals surface area (Å²) in [6.07, 6.45) is 4.30. The number of nitrogens with zero attached hydrogens (tertiary/aromatic N) is 2. The first-order valence-corrected chi connectivity index (χ1v) is 8.09. The molecule has 7 heteroatoms. The van der Waals surface area contributed by atoms with E-state index in [0.717, 1.165) is 57.3 Å². The Balaban J connectivity index is 0.00000242. The summed E-state index contributed by atoms with van der Waals surface area (Å²) in [7, 11) is 1.81. The Morgan fingerprint density at radius 3 is 2.77 bits per heavy atom. The van der Waals surface area contributed by atoms with Crippen LogP contribution in [-0.4, -0.2) is 56.0 Å². The van der Waals surface area contributed by atoms with Gasteiger partial charge in [0.25, 0.3) is 0 Å². The van der Waals surface area contributed by atoms with Crippen molar-refractivity contribution in [1.82, 2.24) is 15.5 Å². The van der Waals surface area contributed by atoms with Gasteiger partial charge in [-0.1, -0.05) is 6.92 Å². The molecule has 1 saturated carbocycles. The van der Waals surface area contributed by atoms with E-state index in [2.05, 4.69) is 27.4 Å². The number of rotatable bonds is 6. The zero-order valence-electron chi connectivity index (χ0n) is 13.7. The fourth-order valence-electron chi connectivity index (χ4n) is 2.89. The van der Waals surface area contributed by atoms with Crippen LogP contribution >= 0.6 is 24.0 Å². The number of primary amides is 1. The molecule has 22 heavy (non-hydrogen) atoms. The average molecular weight is 423 g/mol. The zero-order chi connectivity index (χ0) is 15.2. The molecular weight excluding hydrogens is 393 g/mol. The minimum atomic E-state index is -0.152. The highest BCUT2D eigenvalue weighted by Gasteiger charge is 2.33. The summed E-state index contributed by atoms with van der Waals surface area (Å²) in [5, 5.41) is 6.77. The van der Waals surface area contributed by atoms with Crippen LogP contribution in [0.2, 0.25) is 0 Å². The van der Waals surface area contributed by atoms with Crippen LogP contribution in [0.15, 0.2) is 4.99 Å². The molecular formula is C15H30IN5O. The number of amides is 1. The lowest BCUT2D eigenvalue weighted by atomic mass is 9.97. The largest absolute Gasteiger partial charge is 0.369 e. The van der Waals surface area contributed by atoms with E-state index in [1.807, 2.05) is 7.05 Å². The van der Waals surface area contributed by atoms with E-state index in [1.54, 1.807) is 0 Å². The number of nitrogens with two attached hydrogens (primary N) is 1. The van der Waals surface area contributed by atoms with Gasteiger partial charge in [-0.2, -0.15) is 0 Å². The second-order valence-electron chi connectivity index (χ2n) is 6.36. The Morgan fingerprint density at radius 2 is 2.18 bits per heavy atom. The third-order valence-electron chi connectivity index (χ3n) is 4.51. The molecule has 1 aliphatic carbocycles. The van der Waals surface area contributed by atoms with E-state index in [-0.39, 0.29) is 35.8 Å². The molecule has 1 aliphatic heterocycles. The molecule has 128 valence electrons. The lowest BCUT2D eigenvalue weighted by Crippen LogP contribution is -2.43. The highest BCUT2D eigenvalue weighted by atomic mass is 127. The fraction of sp³-hybridized carbons (Fsp3) is 0.867. The Bertz CT molecular complexity index is 390. The molecule has 0 bridgehead atoms. The number of hydrogen-bond acceptors (Lipinski definition) is 3. The minimum absolute atomic E-state index is 0. The zero-order valence-corrected chi connectivity index (χ0v) is 16.0. The maximum absolute atomic E-state index is 11.3. The second-order valence-corrected chi connectivity index (χ2v) is 6.36. The number of guanidine groups is 1. The number of likely N-dealkylation sites (tertiary alicyclic amines) is 1. The summed E-state index contributed by atoms with van der Waals surface area (Å²) in [5.41, 5.74) is 5.40. The number of hydrogen-bond donors (Lipinski definition) is 3. The van der Waals surface area contributed by atoms with Gasteiger partial charge in [-0.25, -0.2) is 0 Å². The molecule has 3 unspecified atom stereocenters. The topological polar surface area (TPSA) is 82.8 Å². The Labute approximate surface area is 150 Å². The Hall–Kier alpha value is -0.570. The highest BCUT2D eigenvalue weighted by molar-refractivity contribution is 14.0. The molecule has 0 aromatic carbocycles. The van der Waals surface area contributed by atoms with Crippen molar-refractivity contribution in [3.05, 3.63) is 0 Å². The van der Waals surface area contributed by atoms with Crippen LogP contribution in [0.25, 0.3) is 0 Å². The second kappa shape index (κ2) is 9.54. The molecule has 1 heterocycles. The van der Waals surface area contributed by atoms with Gasteiger partial charge in [0, 0.05) is 26.2 Å². The van der Waals surface area contributed by atoms with Gasteiger partial charge in [0.2, 0.25) is 5.91 Å². The third-order valence-corrected chi connectivity index (χ3v) is 4.51. The van der Waals surface area contributed by atoms with Crippen LogP contribution in [-0.2, 0) is 4.79 Å². The van der Waals surface area contributed by atoms with Crippen LogP contribution in [0, 0.1) is 11.8 Å². The van der Waals surface area contributed by atoms with Gasteiger partial charge in [0.15, 0.2) is 5.96 Å². The normalized spacial score (nSPS) is 28.6. The van der Waals surface area contributed by atoms with E-state index in [0.29, 0.717) is 6.04 Å². The van der Waals surface area contributed by atoms with Crippen LogP contribution in [0.3, 0.4) is 0 Å². The molecule has 6 nitrogen and oxygen atoms in total. The first-order chi connectivity index (χ1) is 10.1. The van der Waals surface area contributed by atoms with Crippen LogP contribution < -0.4 is 16.4 Å². The number of carbonyl (C=O) groups excluding carboxylic acids is 1. The van der Waals surface area contributed by atoms with Crippen molar-refractivity contribution in [3.63, 3.8) is 0 Å². The maximum Gasteiger partial charge on any atom is 0.221 e. The van der Waals surface area contributed by atoms with Gasteiger partial charge >= 0.3 is 0 Å². The van der Waals surface area contributed by atoms with Crippen molar-refractivity contribution in [2.75, 3.05) is 33.2 Å². The summed E-state index contributed by atoms with van der Waals surface area (Å²) < 4.78 is 0. The first kappa shape index (κ1) is 19.5. The minimum Gasteiger partial charge on any atom is -0.369 e. The van der Waals surface area contributed by atoms with E-state index in [4.69, 9.17) is 5.73 Å². The molecule has 2 aliphatic rings. The van der Waals surface area contributed by atoms with Crippen molar-refractivity contribution < 1.29 is 4.79 Å². The first-order valence-electron chi connectivity index (χ1n) is 8.09. The predicted octanol–water partition coefficient (Wildman–Crippen LogP) is 0.765. The quantitative estimate of drug-likeness (QED) is 0.255. The Morgan fingerprint density at radius 1 is 1.45 bits per heavy atom. The van der Waals surface area contributed by atoms with Gasteiger partial charge in [0.1, 0.15) is 0 Å². The van der Waals surface area contributed by atoms with Crippen LogP contribution in [0.1, 0.15) is 32.6 Å². The fourth-order valence-corrected chi connectivity index (χ4v) is 2.89. The average Bonchev–Trinajstić information content (AvgIpc) is 3.17. The molecule has 2 rings (SSSR count). The van der Waals surface area contributed by atoms with Crippen LogP contribution in [0.4, 0.5) is 0 Å². The van der Waals surface area contributed by atoms with Crippen molar-refractivity contribution in [2.24, 2.45) is 22.6 Å². The summed E-state index contributed by atoms with van der Waals surface area (Å²) in [5.74, 6) is 1.55. The van der Waals surface area contributed by atoms with Gasteiger partial charge in [-0.3, -0.25) is 9.79 Å². The SMILES string of the molecule is CN=C(NCCCN1CCCC(C(N)=O)C1)NC1CC1C.I. The number of aliphatic imine (C=N–C) groups is 1. The lowest BCUT2D eigenvalue weighted by Gasteiger charge is -2.31. The van der Waals surface area contributed by atoms with E-state index < -0.39 is 0 Å². The molecule has 1 amide bonds. The number of halogens is 1. The molecule has 0 spiro atoms. The van der Waals surface area contributed by atoms with Crippen molar-refractivity contribution in [3.8, 4) is 0 Å². The van der Waals surface area contributed by atoms with E-state index >= 15 is 0 Å². The van der Waals surface area contributed by atoms with E-state index in [9.17, 15) is 4.79 Å². The molecule has 0 aromatic rings. The van der Waals surface area contributed by atoms with Gasteiger partial charge in [0.05, 0.1) is 5.92 Å². The summed E-state index contributed by atoms with van der Waals surface area (Å²) in [4.78, 5) is 17.8. The van der Waals surface area contributed by atoms with Crippen molar-refractivity contribution in [1.29, 1.82) is 0 Å². The number of carbonyl (C=O) groups is 1. The standard InChI is InChI=1S/C15H29N5O.HI/c1-11-9-13(11)19-15(17-2)18-6-4-8-20-7-3-5-12(10-20)14(16)21;/h11-13H,3-10H2,1-2H3,(H2,16,21)(H2,17,18,19);1H. The molecule has 0 radical (unpaired) electrons. The smallest absolute Gasteiger partial charge is 0.221 e. The summed E-state index contributed by atoms with van der Waals surface area (Å²) >= 11 is 0. The molecule has 3 atom stereocenters.